The van der Waals surface area contributed by atoms with Crippen molar-refractivity contribution in [3.8, 4) is 0 Å². The Hall–Kier alpha value is -5.60. The molecule has 0 saturated heterocycles. The second-order valence-corrected chi connectivity index (χ2v) is 16.2. The lowest BCUT2D eigenvalue weighted by atomic mass is 10.1. The van der Waals surface area contributed by atoms with Gasteiger partial charge in [0.15, 0.2) is 12.4 Å². The molecule has 2 N–H and O–H groups in total. The first-order valence-corrected chi connectivity index (χ1v) is 21.7. The first kappa shape index (κ1) is 45.1. The maximum Gasteiger partial charge on any atom is 0.220 e. The van der Waals surface area contributed by atoms with Crippen molar-refractivity contribution in [2.24, 2.45) is 0 Å². The van der Waals surface area contributed by atoms with Gasteiger partial charge >= 0.3 is 0 Å². The quantitative estimate of drug-likeness (QED) is 0.0580. The molecule has 12 nitrogen and oxygen atoms in total. The number of pyridine rings is 2. The summed E-state index contributed by atoms with van der Waals surface area (Å²) in [5, 5.41) is 27.7. The fourth-order valence-electron chi connectivity index (χ4n) is 5.88. The number of benzene rings is 2. The standard InChI is InChI=1S/C44H52N6O6S2/c1-47(33-43(53)54)37-19-13-35(14-20-37)17-23-39-9-3-5-27-49(39)29-7-11-41(51)45-25-31-57-58-32-26-46-42(52)12-8-30-50-28-6-4-10-40(50)24-18-36-15-21-38(22-16-36)48(2)34-44(55)56/h3-6,9-10,13-24,27-28H,7-8,11-12,25-26,29-34H2,1-2H3,(H2-2,45,46,51,52,53,54,55,56). The van der Waals surface area contributed by atoms with Crippen LogP contribution < -0.4 is 39.8 Å². The third kappa shape index (κ3) is 16.9. The van der Waals surface area contributed by atoms with Gasteiger partial charge in [-0.2, -0.15) is 9.13 Å². The largest absolute Gasteiger partial charge is 0.548 e. The molecule has 4 aromatic rings. The van der Waals surface area contributed by atoms with Crippen LogP contribution in [0, 0.1) is 0 Å². The molecular weight excluding hydrogens is 773 g/mol. The van der Waals surface area contributed by atoms with Crippen LogP contribution in [0.5, 0.6) is 0 Å². The highest BCUT2D eigenvalue weighted by molar-refractivity contribution is 8.76. The second-order valence-electron chi connectivity index (χ2n) is 13.5. The Balaban J connectivity index is 1.04. The van der Waals surface area contributed by atoms with Crippen molar-refractivity contribution < 1.29 is 38.5 Å². The summed E-state index contributed by atoms with van der Waals surface area (Å²) in [4.78, 5) is 49.9. The molecule has 0 aliphatic carbocycles. The van der Waals surface area contributed by atoms with Crippen LogP contribution in [0.1, 0.15) is 48.2 Å². The van der Waals surface area contributed by atoms with Gasteiger partial charge in [-0.3, -0.25) is 9.59 Å². The molecule has 14 heteroatoms. The van der Waals surface area contributed by atoms with E-state index in [-0.39, 0.29) is 24.9 Å². The van der Waals surface area contributed by atoms with E-state index < -0.39 is 11.9 Å². The van der Waals surface area contributed by atoms with Gasteiger partial charge in [-0.05, 0) is 59.7 Å². The Bertz CT molecular complexity index is 1850. The minimum atomic E-state index is -1.12. The molecule has 0 atom stereocenters. The topological polar surface area (TPSA) is 153 Å². The number of carbonyl (C=O) groups is 4. The zero-order valence-corrected chi connectivity index (χ0v) is 34.7. The lowest BCUT2D eigenvalue weighted by molar-refractivity contribution is -0.699. The molecule has 0 aliphatic heterocycles. The summed E-state index contributed by atoms with van der Waals surface area (Å²) in [5.41, 5.74) is 5.60. The van der Waals surface area contributed by atoms with Crippen LogP contribution in [-0.4, -0.2) is 75.5 Å². The summed E-state index contributed by atoms with van der Waals surface area (Å²) in [6.45, 7) is 2.23. The molecule has 0 saturated carbocycles. The SMILES string of the molecule is CN(CC(=O)[O-])c1ccc(C=Cc2cccc[n+]2CCCC(=O)NCCSSCCNC(=O)CCC[n+]2ccccc2C=Cc2ccc(N(C)CC(=O)[O-])cc2)cc1. The number of hydrogen-bond acceptors (Lipinski definition) is 10. The van der Waals surface area contributed by atoms with E-state index in [0.29, 0.717) is 51.9 Å². The lowest BCUT2D eigenvalue weighted by Crippen LogP contribution is -2.37. The summed E-state index contributed by atoms with van der Waals surface area (Å²) in [7, 11) is 6.77. The normalized spacial score (nSPS) is 11.1. The van der Waals surface area contributed by atoms with Gasteiger partial charge in [0.2, 0.25) is 23.2 Å². The summed E-state index contributed by atoms with van der Waals surface area (Å²) >= 11 is 0. The number of carboxylic acids is 2. The highest BCUT2D eigenvalue weighted by atomic mass is 33.1. The van der Waals surface area contributed by atoms with Crippen molar-refractivity contribution in [2.75, 3.05) is 61.6 Å². The van der Waals surface area contributed by atoms with Gasteiger partial charge in [0.1, 0.15) is 13.1 Å². The molecule has 0 unspecified atom stereocenters. The Morgan fingerprint density at radius 1 is 0.586 bits per heavy atom. The Kier molecular flexibility index (Phi) is 19.4. The zero-order valence-electron chi connectivity index (χ0n) is 33.1. The average Bonchev–Trinajstić information content (AvgIpc) is 3.21. The molecule has 0 spiro atoms. The maximum absolute atomic E-state index is 12.5. The number of carboxylic acid groups (broad SMARTS) is 2. The predicted molar refractivity (Wildman–Crippen MR) is 230 cm³/mol. The van der Waals surface area contributed by atoms with Crippen LogP contribution in [0.25, 0.3) is 24.3 Å². The first-order valence-electron chi connectivity index (χ1n) is 19.2. The number of aryl methyl sites for hydroxylation is 2. The smallest absolute Gasteiger partial charge is 0.220 e. The monoisotopic (exact) mass is 824 g/mol. The maximum atomic E-state index is 12.5. The van der Waals surface area contributed by atoms with Crippen LogP contribution >= 0.6 is 21.6 Å². The van der Waals surface area contributed by atoms with E-state index in [2.05, 4.69) is 19.8 Å². The Morgan fingerprint density at radius 3 is 1.36 bits per heavy atom. The van der Waals surface area contributed by atoms with E-state index in [0.717, 1.165) is 45.4 Å². The molecule has 306 valence electrons. The minimum absolute atomic E-state index is 0.0273. The van der Waals surface area contributed by atoms with Crippen LogP contribution in [0.3, 0.4) is 0 Å². The van der Waals surface area contributed by atoms with Gasteiger partial charge in [-0.15, -0.1) is 0 Å². The molecule has 4 rings (SSSR count). The molecule has 2 aromatic heterocycles. The van der Waals surface area contributed by atoms with E-state index in [4.69, 9.17) is 0 Å². The molecule has 0 bridgehead atoms. The van der Waals surface area contributed by atoms with Crippen molar-refractivity contribution in [2.45, 2.75) is 38.8 Å². The molecule has 0 radical (unpaired) electrons. The number of anilines is 2. The van der Waals surface area contributed by atoms with Gasteiger partial charge < -0.3 is 40.2 Å². The highest BCUT2D eigenvalue weighted by Gasteiger charge is 2.11. The number of nitrogens with zero attached hydrogens (tertiary/aromatic N) is 4. The summed E-state index contributed by atoms with van der Waals surface area (Å²) < 4.78 is 4.23. The van der Waals surface area contributed by atoms with Crippen molar-refractivity contribution in [3.05, 3.63) is 120 Å². The minimum Gasteiger partial charge on any atom is -0.548 e. The van der Waals surface area contributed by atoms with Crippen LogP contribution in [-0.2, 0) is 32.3 Å². The van der Waals surface area contributed by atoms with Gasteiger partial charge in [-0.25, -0.2) is 0 Å². The van der Waals surface area contributed by atoms with Gasteiger partial charge in [-0.1, -0.05) is 45.9 Å². The summed E-state index contributed by atoms with van der Waals surface area (Å²) in [5.74, 6) is -0.638. The van der Waals surface area contributed by atoms with Crippen molar-refractivity contribution in [3.63, 3.8) is 0 Å². The molecule has 2 aromatic carbocycles. The second kappa shape index (κ2) is 24.9. The number of nitrogens with one attached hydrogen (secondary N) is 2. The number of carbonyl (C=O) groups excluding carboxylic acids is 4. The summed E-state index contributed by atoms with van der Waals surface area (Å²) in [6.07, 6.45) is 14.3. The molecule has 2 heterocycles. The fourth-order valence-corrected chi connectivity index (χ4v) is 7.69. The lowest BCUT2D eigenvalue weighted by Gasteiger charge is -2.19. The number of hydrogen-bond donors (Lipinski definition) is 2. The summed E-state index contributed by atoms with van der Waals surface area (Å²) in [6, 6.07) is 27.2. The van der Waals surface area contributed by atoms with E-state index in [9.17, 15) is 29.4 Å². The third-order valence-corrected chi connectivity index (χ3v) is 11.4. The number of rotatable bonds is 25. The first-order chi connectivity index (χ1) is 28.1. The van der Waals surface area contributed by atoms with E-state index in [1.54, 1.807) is 45.5 Å². The van der Waals surface area contributed by atoms with Gasteiger partial charge in [0.25, 0.3) is 0 Å². The van der Waals surface area contributed by atoms with Crippen molar-refractivity contribution in [1.82, 2.24) is 10.6 Å². The Labute approximate surface area is 349 Å². The average molecular weight is 825 g/mol. The fraction of sp³-hybridized carbons (Fsp3) is 0.318. The van der Waals surface area contributed by atoms with Gasteiger partial charge in [0.05, 0.1) is 25.0 Å². The Morgan fingerprint density at radius 2 is 0.983 bits per heavy atom. The van der Waals surface area contributed by atoms with E-state index in [1.807, 2.05) is 122 Å². The molecule has 2 amide bonds. The number of aromatic nitrogens is 2. The van der Waals surface area contributed by atoms with E-state index in [1.165, 1.54) is 0 Å². The highest BCUT2D eigenvalue weighted by Crippen LogP contribution is 2.19. The number of aliphatic carboxylic acids is 2. The van der Waals surface area contributed by atoms with Crippen LogP contribution in [0.4, 0.5) is 11.4 Å². The van der Waals surface area contributed by atoms with Crippen molar-refractivity contribution in [1.29, 1.82) is 0 Å². The number of amides is 2. The van der Waals surface area contributed by atoms with Crippen molar-refractivity contribution >= 4 is 81.0 Å². The van der Waals surface area contributed by atoms with Crippen LogP contribution in [0.2, 0.25) is 0 Å². The van der Waals surface area contributed by atoms with Gasteiger partial charge in [0, 0.05) is 112 Å². The molecule has 0 aliphatic rings. The number of likely N-dealkylation sites (N-methyl/N-ethyl adjacent to an activating group) is 2. The predicted octanol–water partition coefficient (Wildman–Crippen LogP) is 2.85. The third-order valence-electron chi connectivity index (χ3n) is 8.95. The molecule has 0 fully saturated rings. The van der Waals surface area contributed by atoms with Crippen LogP contribution in [0.15, 0.2) is 97.3 Å². The van der Waals surface area contributed by atoms with E-state index >= 15 is 0 Å². The molecule has 58 heavy (non-hydrogen) atoms. The molecular formula is C44H52N6O6S2. The zero-order chi connectivity index (χ0) is 41.5.